The zero-order valence-corrected chi connectivity index (χ0v) is 16.4. The second-order valence-electron chi connectivity index (χ2n) is 6.69. The number of rotatable bonds is 6. The molecule has 0 bridgehead atoms. The van der Waals surface area contributed by atoms with Gasteiger partial charge in [0.1, 0.15) is 12.4 Å². The number of hydrogen-bond acceptors (Lipinski definition) is 7. The second kappa shape index (κ2) is 8.04. The molecule has 150 valence electrons. The molecule has 3 aromatic rings. The number of thiazole rings is 1. The van der Waals surface area contributed by atoms with Gasteiger partial charge in [0.2, 0.25) is 0 Å². The molecule has 0 radical (unpaired) electrons. The molecule has 0 spiro atoms. The molecule has 2 N–H and O–H groups in total. The van der Waals surface area contributed by atoms with Gasteiger partial charge in [0, 0.05) is 16.6 Å². The number of ether oxygens (including phenoxy) is 2. The maximum atomic E-state index is 12.5. The molecule has 29 heavy (non-hydrogen) atoms. The number of aromatic nitrogens is 2. The highest BCUT2D eigenvalue weighted by Crippen LogP contribution is 2.28. The Morgan fingerprint density at radius 1 is 1.21 bits per heavy atom. The van der Waals surface area contributed by atoms with Crippen LogP contribution in [0.2, 0.25) is 0 Å². The van der Waals surface area contributed by atoms with Crippen LogP contribution in [-0.2, 0) is 29.0 Å². The van der Waals surface area contributed by atoms with Gasteiger partial charge in [-0.15, -0.1) is 11.3 Å². The van der Waals surface area contributed by atoms with Crippen molar-refractivity contribution in [2.24, 2.45) is 5.73 Å². The van der Waals surface area contributed by atoms with E-state index in [1.165, 1.54) is 28.3 Å². The van der Waals surface area contributed by atoms with Crippen molar-refractivity contribution in [3.05, 3.63) is 62.5 Å². The summed E-state index contributed by atoms with van der Waals surface area (Å²) in [7, 11) is 0. The van der Waals surface area contributed by atoms with E-state index in [2.05, 4.69) is 4.98 Å². The first kappa shape index (κ1) is 19.1. The van der Waals surface area contributed by atoms with Crippen LogP contribution in [-0.4, -0.2) is 27.9 Å². The second-order valence-corrected chi connectivity index (χ2v) is 7.75. The molecular formula is C20H19N3O5S. The molecule has 1 aliphatic carbocycles. The zero-order chi connectivity index (χ0) is 20.4. The van der Waals surface area contributed by atoms with Gasteiger partial charge in [-0.1, -0.05) is 12.1 Å². The van der Waals surface area contributed by atoms with Crippen molar-refractivity contribution < 1.29 is 19.1 Å². The van der Waals surface area contributed by atoms with Crippen LogP contribution in [0.4, 0.5) is 0 Å². The summed E-state index contributed by atoms with van der Waals surface area (Å²) in [5, 5.41) is 0. The highest BCUT2D eigenvalue weighted by Gasteiger charge is 2.19. The Morgan fingerprint density at radius 3 is 2.83 bits per heavy atom. The van der Waals surface area contributed by atoms with Crippen molar-refractivity contribution in [1.82, 2.24) is 9.38 Å². The molecule has 0 saturated carbocycles. The molecule has 0 saturated heterocycles. The first-order valence-electron chi connectivity index (χ1n) is 9.23. The number of carbonyl (C=O) groups excluding carboxylic acids is 2. The first-order valence-corrected chi connectivity index (χ1v) is 10.0. The van der Waals surface area contributed by atoms with E-state index in [1.807, 2.05) is 0 Å². The number of benzene rings is 1. The molecule has 2 aromatic heterocycles. The largest absolute Gasteiger partial charge is 0.481 e. The average Bonchev–Trinajstić information content (AvgIpc) is 3.09. The molecule has 1 aromatic carbocycles. The number of esters is 1. The van der Waals surface area contributed by atoms with E-state index in [4.69, 9.17) is 15.2 Å². The highest BCUT2D eigenvalue weighted by atomic mass is 32.1. The normalized spacial score (nSPS) is 13.1. The molecule has 2 heterocycles. The number of carbonyl (C=O) groups is 2. The van der Waals surface area contributed by atoms with Gasteiger partial charge in [0.05, 0.1) is 11.3 Å². The SMILES string of the molecule is NC(=O)c1ccccc1OCC(=O)OCc1cc(=O)n2c3c(sc2n1)CCCC3. The number of nitrogens with two attached hydrogens (primary N) is 1. The van der Waals surface area contributed by atoms with E-state index in [9.17, 15) is 14.4 Å². The summed E-state index contributed by atoms with van der Waals surface area (Å²) in [6.45, 7) is -0.521. The van der Waals surface area contributed by atoms with Gasteiger partial charge in [0.15, 0.2) is 11.6 Å². The fourth-order valence-corrected chi connectivity index (χ4v) is 4.58. The van der Waals surface area contributed by atoms with Crippen LogP contribution in [0.25, 0.3) is 4.96 Å². The smallest absolute Gasteiger partial charge is 0.344 e. The van der Waals surface area contributed by atoms with Crippen LogP contribution in [0.5, 0.6) is 5.75 Å². The predicted octanol–water partition coefficient (Wildman–Crippen LogP) is 1.86. The third-order valence-electron chi connectivity index (χ3n) is 4.69. The van der Waals surface area contributed by atoms with Gasteiger partial charge in [-0.3, -0.25) is 14.0 Å². The molecule has 1 aliphatic rings. The zero-order valence-electron chi connectivity index (χ0n) is 15.6. The van der Waals surface area contributed by atoms with Crippen LogP contribution < -0.4 is 16.0 Å². The van der Waals surface area contributed by atoms with Gasteiger partial charge in [-0.25, -0.2) is 9.78 Å². The Kier molecular flexibility index (Phi) is 5.30. The number of fused-ring (bicyclic) bond motifs is 3. The summed E-state index contributed by atoms with van der Waals surface area (Å²) in [5.74, 6) is -1.08. The Hall–Kier alpha value is -3.20. The van der Waals surface area contributed by atoms with Gasteiger partial charge in [-0.05, 0) is 37.8 Å². The maximum Gasteiger partial charge on any atom is 0.344 e. The van der Waals surface area contributed by atoms with E-state index in [-0.39, 0.29) is 23.5 Å². The lowest BCUT2D eigenvalue weighted by molar-refractivity contribution is -0.147. The predicted molar refractivity (Wildman–Crippen MR) is 106 cm³/mol. The van der Waals surface area contributed by atoms with Crippen LogP contribution in [0, 0.1) is 0 Å². The standard InChI is InChI=1S/C20H19N3O5S/c21-19(26)13-5-1-3-7-15(13)27-11-18(25)28-10-12-9-17(24)23-14-6-2-4-8-16(14)29-20(23)22-12/h1,3,5,7,9H,2,4,6,8,10-11H2,(H2,21,26). The third kappa shape index (κ3) is 4.00. The summed E-state index contributed by atoms with van der Waals surface area (Å²) in [4.78, 5) is 42.2. The first-order chi connectivity index (χ1) is 14.0. The number of amides is 1. The Morgan fingerprint density at radius 2 is 2.00 bits per heavy atom. The van der Waals surface area contributed by atoms with Crippen LogP contribution in [0.1, 0.15) is 39.5 Å². The molecule has 0 fully saturated rings. The van der Waals surface area contributed by atoms with Crippen molar-refractivity contribution in [3.63, 3.8) is 0 Å². The summed E-state index contributed by atoms with van der Waals surface area (Å²) < 4.78 is 12.2. The van der Waals surface area contributed by atoms with Gasteiger partial charge in [0.25, 0.3) is 11.5 Å². The number of hydrogen-bond donors (Lipinski definition) is 1. The number of aryl methyl sites for hydroxylation is 2. The lowest BCUT2D eigenvalue weighted by Crippen LogP contribution is -2.20. The molecular weight excluding hydrogens is 394 g/mol. The Bertz CT molecular complexity index is 1150. The van der Waals surface area contributed by atoms with Gasteiger partial charge >= 0.3 is 5.97 Å². The van der Waals surface area contributed by atoms with Crippen LogP contribution in [0.15, 0.2) is 35.1 Å². The van der Waals surface area contributed by atoms with Crippen molar-refractivity contribution >= 4 is 28.2 Å². The summed E-state index contributed by atoms with van der Waals surface area (Å²) >= 11 is 1.52. The van der Waals surface area contributed by atoms with Gasteiger partial charge < -0.3 is 15.2 Å². The van der Waals surface area contributed by atoms with Crippen molar-refractivity contribution in [2.45, 2.75) is 32.3 Å². The van der Waals surface area contributed by atoms with Crippen molar-refractivity contribution in [3.8, 4) is 5.75 Å². The Balaban J connectivity index is 1.41. The number of nitrogens with zero attached hydrogens (tertiary/aromatic N) is 2. The average molecular weight is 413 g/mol. The fourth-order valence-electron chi connectivity index (χ4n) is 3.34. The molecule has 0 unspecified atom stereocenters. The monoisotopic (exact) mass is 413 g/mol. The molecule has 0 aliphatic heterocycles. The summed E-state index contributed by atoms with van der Waals surface area (Å²) in [6.07, 6.45) is 4.05. The van der Waals surface area contributed by atoms with Crippen LogP contribution in [0.3, 0.4) is 0 Å². The molecule has 1 amide bonds. The van der Waals surface area contributed by atoms with Crippen molar-refractivity contribution in [1.29, 1.82) is 0 Å². The number of para-hydroxylation sites is 1. The maximum absolute atomic E-state index is 12.5. The lowest BCUT2D eigenvalue weighted by Gasteiger charge is -2.10. The minimum atomic E-state index is -0.648. The van der Waals surface area contributed by atoms with E-state index in [0.717, 1.165) is 31.4 Å². The van der Waals surface area contributed by atoms with E-state index in [1.54, 1.807) is 22.6 Å². The van der Waals surface area contributed by atoms with Crippen molar-refractivity contribution in [2.75, 3.05) is 6.61 Å². The summed E-state index contributed by atoms with van der Waals surface area (Å²) in [6, 6.07) is 7.76. The molecule has 0 atom stereocenters. The minimum Gasteiger partial charge on any atom is -0.481 e. The van der Waals surface area contributed by atoms with E-state index < -0.39 is 18.5 Å². The van der Waals surface area contributed by atoms with E-state index >= 15 is 0 Å². The third-order valence-corrected chi connectivity index (χ3v) is 5.84. The quantitative estimate of drug-likeness (QED) is 0.617. The fraction of sp³-hybridized carbons (Fsp3) is 0.300. The number of primary amides is 1. The lowest BCUT2D eigenvalue weighted by atomic mass is 10.0. The van der Waals surface area contributed by atoms with Gasteiger partial charge in [-0.2, -0.15) is 0 Å². The van der Waals surface area contributed by atoms with Crippen LogP contribution >= 0.6 is 11.3 Å². The topological polar surface area (TPSA) is 113 Å². The molecule has 9 heteroatoms. The summed E-state index contributed by atoms with van der Waals surface area (Å²) in [5.41, 5.74) is 6.74. The van der Waals surface area contributed by atoms with E-state index in [0.29, 0.717) is 10.7 Å². The molecule has 4 rings (SSSR count). The highest BCUT2D eigenvalue weighted by molar-refractivity contribution is 7.17. The molecule has 8 nitrogen and oxygen atoms in total. The minimum absolute atomic E-state index is 0.131. The Labute approximate surface area is 169 Å².